The van der Waals surface area contributed by atoms with Crippen molar-refractivity contribution in [2.24, 2.45) is 0 Å². The Morgan fingerprint density at radius 1 is 1.30 bits per heavy atom. The Morgan fingerprint density at radius 2 is 1.90 bits per heavy atom. The van der Waals surface area contributed by atoms with Gasteiger partial charge in [0.1, 0.15) is 6.04 Å². The Balaban J connectivity index is 2.68. The largest absolute Gasteiger partial charge is 0.544 e. The third kappa shape index (κ3) is 4.66. The Kier molecular flexibility index (Phi) is 6.18. The minimum absolute atomic E-state index is 0.0872. The van der Waals surface area contributed by atoms with Crippen molar-refractivity contribution < 1.29 is 20.0 Å². The number of nitrogens with two attached hydrogens (primary N) is 1. The van der Waals surface area contributed by atoms with Gasteiger partial charge in [-0.05, 0) is 31.4 Å². The molecule has 0 heterocycles. The van der Waals surface area contributed by atoms with E-state index < -0.39 is 12.0 Å². The van der Waals surface area contributed by atoms with Crippen molar-refractivity contribution in [1.29, 1.82) is 0 Å². The zero-order valence-electron chi connectivity index (χ0n) is 12.2. The molecule has 110 valence electrons. The van der Waals surface area contributed by atoms with E-state index >= 15 is 0 Å². The van der Waals surface area contributed by atoms with E-state index in [1.165, 1.54) is 0 Å². The standard InChI is InChI=1S/C15H22N2O3/c1-4-8-16-12(15(19)20)9-13(18)17-14-10(2)6-5-7-11(14)3/h5-7,12,16H,4,8-9H2,1-3H3,(H,17,18)(H,19,20)/t12-/m1/s1. The fourth-order valence-electron chi connectivity index (χ4n) is 2.03. The van der Waals surface area contributed by atoms with Gasteiger partial charge in [-0.3, -0.25) is 4.79 Å². The number of quaternary nitrogens is 1. The van der Waals surface area contributed by atoms with Crippen LogP contribution < -0.4 is 15.7 Å². The van der Waals surface area contributed by atoms with Crippen LogP contribution in [0, 0.1) is 13.8 Å². The monoisotopic (exact) mass is 278 g/mol. The minimum atomic E-state index is -1.20. The topological polar surface area (TPSA) is 85.8 Å². The van der Waals surface area contributed by atoms with Gasteiger partial charge < -0.3 is 20.5 Å². The molecule has 0 bridgehead atoms. The number of carboxylic acid groups (broad SMARTS) is 1. The third-order valence-electron chi connectivity index (χ3n) is 3.19. The molecule has 0 fully saturated rings. The fraction of sp³-hybridized carbons (Fsp3) is 0.467. The number of rotatable bonds is 7. The summed E-state index contributed by atoms with van der Waals surface area (Å²) >= 11 is 0. The molecule has 0 saturated carbocycles. The molecule has 0 aliphatic heterocycles. The Hall–Kier alpha value is -1.88. The van der Waals surface area contributed by atoms with Crippen LogP contribution in [0.4, 0.5) is 5.69 Å². The average molecular weight is 278 g/mol. The Labute approximate surface area is 119 Å². The molecular formula is C15H22N2O3. The summed E-state index contributed by atoms with van der Waals surface area (Å²) in [6.07, 6.45) is 0.762. The third-order valence-corrected chi connectivity index (χ3v) is 3.19. The highest BCUT2D eigenvalue weighted by molar-refractivity contribution is 5.94. The molecule has 5 heteroatoms. The maximum Gasteiger partial charge on any atom is 0.230 e. The molecule has 1 rings (SSSR count). The maximum atomic E-state index is 12.0. The maximum absolute atomic E-state index is 12.0. The van der Waals surface area contributed by atoms with Gasteiger partial charge in [-0.2, -0.15) is 0 Å². The lowest BCUT2D eigenvalue weighted by atomic mass is 10.1. The summed E-state index contributed by atoms with van der Waals surface area (Å²) in [5.74, 6) is -1.50. The fourth-order valence-corrected chi connectivity index (χ4v) is 2.03. The van der Waals surface area contributed by atoms with Gasteiger partial charge in [0.25, 0.3) is 0 Å². The van der Waals surface area contributed by atoms with Crippen molar-refractivity contribution in [2.45, 2.75) is 39.7 Å². The number of para-hydroxylation sites is 1. The first-order valence-corrected chi connectivity index (χ1v) is 6.86. The van der Waals surface area contributed by atoms with Gasteiger partial charge in [-0.25, -0.2) is 0 Å². The van der Waals surface area contributed by atoms with Crippen LogP contribution in [0.15, 0.2) is 18.2 Å². The summed E-state index contributed by atoms with van der Waals surface area (Å²) in [4.78, 5) is 23.0. The van der Waals surface area contributed by atoms with Crippen LogP contribution >= 0.6 is 0 Å². The molecule has 1 aromatic rings. The first-order valence-electron chi connectivity index (χ1n) is 6.86. The van der Waals surface area contributed by atoms with E-state index in [4.69, 9.17) is 0 Å². The SMILES string of the molecule is CCC[NH2+][C@H](CC(=O)Nc1c(C)cccc1C)C(=O)[O-]. The van der Waals surface area contributed by atoms with Crippen LogP contribution in [0.3, 0.4) is 0 Å². The predicted molar refractivity (Wildman–Crippen MR) is 75.0 cm³/mol. The van der Waals surface area contributed by atoms with Gasteiger partial charge in [0, 0.05) is 5.69 Å². The Morgan fingerprint density at radius 3 is 2.40 bits per heavy atom. The molecule has 20 heavy (non-hydrogen) atoms. The average Bonchev–Trinajstić information content (AvgIpc) is 2.38. The van der Waals surface area contributed by atoms with E-state index in [1.807, 2.05) is 39.0 Å². The molecule has 0 saturated heterocycles. The summed E-state index contributed by atoms with van der Waals surface area (Å²) in [6, 6.07) is 4.89. The van der Waals surface area contributed by atoms with Crippen molar-refractivity contribution in [3.05, 3.63) is 29.3 Å². The van der Waals surface area contributed by atoms with E-state index in [0.29, 0.717) is 6.54 Å². The number of benzene rings is 1. The molecule has 1 atom stereocenters. The van der Waals surface area contributed by atoms with Crippen LogP contribution in [-0.4, -0.2) is 24.5 Å². The van der Waals surface area contributed by atoms with E-state index in [2.05, 4.69) is 5.32 Å². The number of carboxylic acids is 1. The number of anilines is 1. The lowest BCUT2D eigenvalue weighted by Gasteiger charge is -2.17. The summed E-state index contributed by atoms with van der Waals surface area (Å²) in [7, 11) is 0. The predicted octanol–water partition coefficient (Wildman–Crippen LogP) is -0.276. The lowest BCUT2D eigenvalue weighted by Crippen LogP contribution is -2.93. The van der Waals surface area contributed by atoms with Crippen molar-refractivity contribution in [2.75, 3.05) is 11.9 Å². The number of carbonyl (C=O) groups is 2. The van der Waals surface area contributed by atoms with Crippen LogP contribution in [-0.2, 0) is 9.59 Å². The number of amides is 1. The van der Waals surface area contributed by atoms with Gasteiger partial charge in [-0.1, -0.05) is 25.1 Å². The van der Waals surface area contributed by atoms with E-state index in [-0.39, 0.29) is 12.3 Å². The molecule has 0 aliphatic rings. The quantitative estimate of drug-likeness (QED) is 0.719. The highest BCUT2D eigenvalue weighted by atomic mass is 16.4. The highest BCUT2D eigenvalue weighted by Gasteiger charge is 2.18. The smallest absolute Gasteiger partial charge is 0.230 e. The zero-order chi connectivity index (χ0) is 15.1. The summed E-state index contributed by atoms with van der Waals surface area (Å²) in [6.45, 7) is 6.43. The summed E-state index contributed by atoms with van der Waals surface area (Å²) in [5.41, 5.74) is 2.67. The number of carbonyl (C=O) groups excluding carboxylic acids is 2. The first-order chi connectivity index (χ1) is 9.45. The summed E-state index contributed by atoms with van der Waals surface area (Å²) in [5, 5.41) is 15.4. The van der Waals surface area contributed by atoms with Gasteiger partial charge in [0.05, 0.1) is 18.9 Å². The highest BCUT2D eigenvalue weighted by Crippen LogP contribution is 2.19. The van der Waals surface area contributed by atoms with Crippen LogP contribution in [0.25, 0.3) is 0 Å². The number of aryl methyl sites for hydroxylation is 2. The molecule has 0 aromatic heterocycles. The molecule has 0 spiro atoms. The van der Waals surface area contributed by atoms with E-state index in [9.17, 15) is 14.7 Å². The molecule has 1 amide bonds. The van der Waals surface area contributed by atoms with Crippen LogP contribution in [0.2, 0.25) is 0 Å². The van der Waals surface area contributed by atoms with Gasteiger partial charge in [-0.15, -0.1) is 0 Å². The summed E-state index contributed by atoms with van der Waals surface area (Å²) < 4.78 is 0. The van der Waals surface area contributed by atoms with Gasteiger partial charge in [0.15, 0.2) is 0 Å². The molecule has 0 unspecified atom stereocenters. The Bertz CT molecular complexity index is 466. The number of hydrogen-bond donors (Lipinski definition) is 2. The van der Waals surface area contributed by atoms with E-state index in [0.717, 1.165) is 23.2 Å². The van der Waals surface area contributed by atoms with Crippen LogP contribution in [0.5, 0.6) is 0 Å². The second-order valence-corrected chi connectivity index (χ2v) is 4.97. The molecule has 1 aromatic carbocycles. The van der Waals surface area contributed by atoms with Crippen molar-refractivity contribution in [3.63, 3.8) is 0 Å². The number of aliphatic carboxylic acids is 1. The lowest BCUT2D eigenvalue weighted by molar-refractivity contribution is -0.682. The zero-order valence-corrected chi connectivity index (χ0v) is 12.2. The second kappa shape index (κ2) is 7.65. The number of nitrogens with one attached hydrogen (secondary N) is 1. The van der Waals surface area contributed by atoms with Gasteiger partial charge in [0.2, 0.25) is 5.91 Å². The van der Waals surface area contributed by atoms with Crippen LogP contribution in [0.1, 0.15) is 30.9 Å². The van der Waals surface area contributed by atoms with Crippen molar-refractivity contribution in [1.82, 2.24) is 0 Å². The van der Waals surface area contributed by atoms with E-state index in [1.54, 1.807) is 5.32 Å². The number of hydrogen-bond acceptors (Lipinski definition) is 3. The molecular weight excluding hydrogens is 256 g/mol. The minimum Gasteiger partial charge on any atom is -0.544 e. The molecule has 3 N–H and O–H groups in total. The van der Waals surface area contributed by atoms with Gasteiger partial charge >= 0.3 is 0 Å². The molecule has 0 aliphatic carbocycles. The molecule has 0 radical (unpaired) electrons. The van der Waals surface area contributed by atoms with Crippen molar-refractivity contribution >= 4 is 17.6 Å². The van der Waals surface area contributed by atoms with Crippen molar-refractivity contribution in [3.8, 4) is 0 Å². The molecule has 5 nitrogen and oxygen atoms in total. The first kappa shape index (κ1) is 16.2. The normalized spacial score (nSPS) is 11.9. The second-order valence-electron chi connectivity index (χ2n) is 4.97.